The van der Waals surface area contributed by atoms with Gasteiger partial charge in [0.05, 0.1) is 30.7 Å². The Bertz CT molecular complexity index is 693. The molecule has 112 valence electrons. The normalized spacial score (nSPS) is 11.3. The van der Waals surface area contributed by atoms with Gasteiger partial charge in [-0.15, -0.1) is 0 Å². The number of methoxy groups -OCH3 is 1. The predicted octanol–water partition coefficient (Wildman–Crippen LogP) is 0.869. The van der Waals surface area contributed by atoms with Crippen molar-refractivity contribution in [3.63, 3.8) is 0 Å². The Hall–Kier alpha value is -2.19. The minimum absolute atomic E-state index is 0.0444. The largest absolute Gasteiger partial charge is 0.469 e. The summed E-state index contributed by atoms with van der Waals surface area (Å²) in [5.74, 6) is -0.380. The third-order valence-corrected chi connectivity index (χ3v) is 4.16. The van der Waals surface area contributed by atoms with Gasteiger partial charge in [0, 0.05) is 6.07 Å². The Balaban J connectivity index is 2.04. The van der Waals surface area contributed by atoms with E-state index in [4.69, 9.17) is 0 Å². The zero-order valence-electron chi connectivity index (χ0n) is 11.3. The quantitative estimate of drug-likeness (QED) is 0.795. The van der Waals surface area contributed by atoms with E-state index in [1.54, 1.807) is 18.2 Å². The molecule has 0 aliphatic heterocycles. The molecule has 8 heteroatoms. The molecule has 0 aliphatic carbocycles. The lowest BCUT2D eigenvalue weighted by Gasteiger charge is -2.06. The number of esters is 1. The molecule has 0 amide bonds. The summed E-state index contributed by atoms with van der Waals surface area (Å²) in [7, 11) is -2.33. The number of hydrogen-bond donors (Lipinski definition) is 1. The van der Waals surface area contributed by atoms with E-state index in [1.807, 2.05) is 0 Å². The summed E-state index contributed by atoms with van der Waals surface area (Å²) < 4.78 is 35.7. The molecule has 1 N–H and O–H groups in total. The zero-order chi connectivity index (χ0) is 15.3. The minimum Gasteiger partial charge on any atom is -0.469 e. The van der Waals surface area contributed by atoms with Gasteiger partial charge < -0.3 is 9.26 Å². The summed E-state index contributed by atoms with van der Waals surface area (Å²) in [5, 5.41) is 3.62. The molecule has 0 fully saturated rings. The number of rotatable bonds is 6. The van der Waals surface area contributed by atoms with Crippen LogP contribution in [-0.4, -0.2) is 26.7 Å². The standard InChI is InChI=1S/C13H14N2O5S/c1-19-13(16)8-10-2-4-12(5-3-10)21(17,18)14-9-11-6-7-20-15-11/h2-7,14H,8-9H2,1H3. The van der Waals surface area contributed by atoms with Crippen molar-refractivity contribution in [2.75, 3.05) is 7.11 Å². The van der Waals surface area contributed by atoms with Crippen molar-refractivity contribution >= 4 is 16.0 Å². The van der Waals surface area contributed by atoms with Crippen LogP contribution in [0.3, 0.4) is 0 Å². The number of carbonyl (C=O) groups is 1. The Labute approximate surface area is 121 Å². The van der Waals surface area contributed by atoms with Gasteiger partial charge in [-0.25, -0.2) is 13.1 Å². The summed E-state index contributed by atoms with van der Waals surface area (Å²) >= 11 is 0. The van der Waals surface area contributed by atoms with Gasteiger partial charge in [0.1, 0.15) is 6.26 Å². The first-order chi connectivity index (χ1) is 10.0. The second kappa shape index (κ2) is 6.51. The van der Waals surface area contributed by atoms with Crippen LogP contribution in [-0.2, 0) is 32.5 Å². The lowest BCUT2D eigenvalue weighted by molar-refractivity contribution is -0.139. The number of sulfonamides is 1. The third kappa shape index (κ3) is 4.14. The molecule has 1 heterocycles. The maximum Gasteiger partial charge on any atom is 0.309 e. The van der Waals surface area contributed by atoms with E-state index in [0.717, 1.165) is 0 Å². The highest BCUT2D eigenvalue weighted by Gasteiger charge is 2.14. The Kier molecular flexibility index (Phi) is 4.71. The van der Waals surface area contributed by atoms with E-state index in [2.05, 4.69) is 19.1 Å². The highest BCUT2D eigenvalue weighted by molar-refractivity contribution is 7.89. The maximum absolute atomic E-state index is 12.1. The summed E-state index contributed by atoms with van der Waals surface area (Å²) in [5.41, 5.74) is 1.16. The fourth-order valence-corrected chi connectivity index (χ4v) is 2.61. The van der Waals surface area contributed by atoms with Crippen LogP contribution < -0.4 is 4.72 Å². The first kappa shape index (κ1) is 15.2. The fourth-order valence-electron chi connectivity index (χ4n) is 1.61. The van der Waals surface area contributed by atoms with Crippen LogP contribution >= 0.6 is 0 Å². The molecule has 0 radical (unpaired) electrons. The number of aromatic nitrogens is 1. The monoisotopic (exact) mass is 310 g/mol. The summed E-state index contributed by atoms with van der Waals surface area (Å²) in [4.78, 5) is 11.2. The lowest BCUT2D eigenvalue weighted by Crippen LogP contribution is -2.23. The fraction of sp³-hybridized carbons (Fsp3) is 0.231. The first-order valence-electron chi connectivity index (χ1n) is 6.06. The van der Waals surface area contributed by atoms with Crippen molar-refractivity contribution in [2.45, 2.75) is 17.9 Å². The molecule has 0 unspecified atom stereocenters. The second-order valence-electron chi connectivity index (χ2n) is 4.21. The number of ether oxygens (including phenoxy) is 1. The second-order valence-corrected chi connectivity index (χ2v) is 5.98. The third-order valence-electron chi connectivity index (χ3n) is 2.74. The predicted molar refractivity (Wildman–Crippen MR) is 72.7 cm³/mol. The van der Waals surface area contributed by atoms with Crippen LogP contribution in [0.2, 0.25) is 0 Å². The van der Waals surface area contributed by atoms with Gasteiger partial charge in [0.2, 0.25) is 10.0 Å². The van der Waals surface area contributed by atoms with E-state index < -0.39 is 10.0 Å². The van der Waals surface area contributed by atoms with Crippen molar-refractivity contribution in [2.24, 2.45) is 0 Å². The first-order valence-corrected chi connectivity index (χ1v) is 7.54. The van der Waals surface area contributed by atoms with Crippen molar-refractivity contribution in [1.82, 2.24) is 9.88 Å². The van der Waals surface area contributed by atoms with Crippen LogP contribution in [0.25, 0.3) is 0 Å². The van der Waals surface area contributed by atoms with E-state index in [1.165, 1.54) is 25.5 Å². The van der Waals surface area contributed by atoms with E-state index in [-0.39, 0.29) is 23.8 Å². The van der Waals surface area contributed by atoms with Gasteiger partial charge in [-0.05, 0) is 17.7 Å². The lowest BCUT2D eigenvalue weighted by atomic mass is 10.2. The van der Waals surface area contributed by atoms with Gasteiger partial charge in [-0.3, -0.25) is 4.79 Å². The van der Waals surface area contributed by atoms with Crippen LogP contribution in [0.15, 0.2) is 46.0 Å². The Morgan fingerprint density at radius 1 is 1.29 bits per heavy atom. The average molecular weight is 310 g/mol. The molecule has 0 spiro atoms. The number of nitrogens with one attached hydrogen (secondary N) is 1. The molecule has 0 bridgehead atoms. The highest BCUT2D eigenvalue weighted by atomic mass is 32.2. The minimum atomic E-state index is -3.64. The maximum atomic E-state index is 12.1. The Morgan fingerprint density at radius 2 is 2.00 bits per heavy atom. The molecule has 0 aliphatic rings. The average Bonchev–Trinajstić information content (AvgIpc) is 2.99. The van der Waals surface area contributed by atoms with Gasteiger partial charge in [0.15, 0.2) is 0 Å². The van der Waals surface area contributed by atoms with Crippen LogP contribution in [0, 0.1) is 0 Å². The Morgan fingerprint density at radius 3 is 2.57 bits per heavy atom. The van der Waals surface area contributed by atoms with Gasteiger partial charge >= 0.3 is 5.97 Å². The number of hydrogen-bond acceptors (Lipinski definition) is 6. The SMILES string of the molecule is COC(=O)Cc1ccc(S(=O)(=O)NCc2ccon2)cc1. The molecule has 0 saturated carbocycles. The van der Waals surface area contributed by atoms with E-state index in [0.29, 0.717) is 11.3 Å². The van der Waals surface area contributed by atoms with E-state index >= 15 is 0 Å². The zero-order valence-corrected chi connectivity index (χ0v) is 12.1. The molecule has 1 aromatic heterocycles. The molecule has 1 aromatic carbocycles. The molecule has 2 aromatic rings. The van der Waals surface area contributed by atoms with Crippen molar-refractivity contribution in [1.29, 1.82) is 0 Å². The summed E-state index contributed by atoms with van der Waals surface area (Å²) in [6.45, 7) is 0.0444. The van der Waals surface area contributed by atoms with E-state index in [9.17, 15) is 13.2 Å². The van der Waals surface area contributed by atoms with Crippen molar-refractivity contribution in [3.05, 3.63) is 47.9 Å². The number of benzene rings is 1. The molecule has 2 rings (SSSR count). The topological polar surface area (TPSA) is 98.5 Å². The van der Waals surface area contributed by atoms with Gasteiger partial charge in [-0.1, -0.05) is 17.3 Å². The molecular weight excluding hydrogens is 296 g/mol. The van der Waals surface area contributed by atoms with Crippen molar-refractivity contribution < 1.29 is 22.5 Å². The summed E-state index contributed by atoms with van der Waals surface area (Å²) in [6, 6.07) is 7.58. The smallest absolute Gasteiger partial charge is 0.309 e. The number of carbonyl (C=O) groups excluding carboxylic acids is 1. The van der Waals surface area contributed by atoms with Crippen molar-refractivity contribution in [3.8, 4) is 0 Å². The summed E-state index contributed by atoms with van der Waals surface area (Å²) in [6.07, 6.45) is 1.47. The molecule has 0 saturated heterocycles. The van der Waals surface area contributed by atoms with Crippen LogP contribution in [0.5, 0.6) is 0 Å². The van der Waals surface area contributed by atoms with Crippen LogP contribution in [0.1, 0.15) is 11.3 Å². The molecule has 21 heavy (non-hydrogen) atoms. The molecular formula is C13H14N2O5S. The highest BCUT2D eigenvalue weighted by Crippen LogP contribution is 2.12. The van der Waals surface area contributed by atoms with Crippen LogP contribution in [0.4, 0.5) is 0 Å². The van der Waals surface area contributed by atoms with Gasteiger partial charge in [0.25, 0.3) is 0 Å². The van der Waals surface area contributed by atoms with Gasteiger partial charge in [-0.2, -0.15) is 0 Å². The molecule has 0 atom stereocenters. The molecule has 7 nitrogen and oxygen atoms in total. The number of nitrogens with zero attached hydrogens (tertiary/aromatic N) is 1.